The van der Waals surface area contributed by atoms with Crippen LogP contribution in [0.4, 0.5) is 0 Å². The van der Waals surface area contributed by atoms with Crippen LogP contribution in [0.25, 0.3) is 11.1 Å². The third-order valence-electron chi connectivity index (χ3n) is 6.84. The van der Waals surface area contributed by atoms with Gasteiger partial charge in [-0.3, -0.25) is 9.59 Å². The topological polar surface area (TPSA) is 55.2 Å². The summed E-state index contributed by atoms with van der Waals surface area (Å²) < 4.78 is 1.65. The Hall–Kier alpha value is -3.21. The Morgan fingerprint density at radius 3 is 2.41 bits per heavy atom. The average molecular weight is 428 g/mol. The van der Waals surface area contributed by atoms with Crippen molar-refractivity contribution in [3.05, 3.63) is 87.8 Å². The van der Waals surface area contributed by atoms with E-state index in [1.54, 1.807) is 10.7 Å². The molecule has 1 aliphatic heterocycles. The van der Waals surface area contributed by atoms with Gasteiger partial charge in [0.15, 0.2) is 0 Å². The first-order valence-electron chi connectivity index (χ1n) is 11.7. The molecule has 0 bridgehead atoms. The molecule has 1 amide bonds. The van der Waals surface area contributed by atoms with E-state index in [0.29, 0.717) is 18.9 Å². The Kier molecular flexibility index (Phi) is 5.89. The smallest absolute Gasteiger partial charge is 0.267 e. The van der Waals surface area contributed by atoms with Crippen molar-refractivity contribution >= 4 is 5.91 Å². The van der Waals surface area contributed by atoms with Crippen molar-refractivity contribution in [2.75, 3.05) is 13.1 Å². The number of rotatable bonds is 5. The highest BCUT2D eigenvalue weighted by Crippen LogP contribution is 2.22. The van der Waals surface area contributed by atoms with Gasteiger partial charge < -0.3 is 4.90 Å². The molecule has 0 spiro atoms. The van der Waals surface area contributed by atoms with E-state index in [9.17, 15) is 9.59 Å². The van der Waals surface area contributed by atoms with Crippen molar-refractivity contribution in [1.29, 1.82) is 0 Å². The van der Waals surface area contributed by atoms with Crippen LogP contribution in [0, 0.1) is 5.92 Å². The van der Waals surface area contributed by atoms with Crippen molar-refractivity contribution < 1.29 is 4.79 Å². The summed E-state index contributed by atoms with van der Waals surface area (Å²) >= 11 is 0. The number of carbonyl (C=O) groups excluding carboxylic acids is 1. The minimum absolute atomic E-state index is 0.0168. The van der Waals surface area contributed by atoms with E-state index in [1.807, 2.05) is 23.1 Å². The zero-order chi connectivity index (χ0) is 21.9. The molecule has 0 saturated carbocycles. The molecular formula is C27H29N3O2. The molecule has 1 fully saturated rings. The first-order valence-corrected chi connectivity index (χ1v) is 11.7. The quantitative estimate of drug-likeness (QED) is 0.621. The molecule has 164 valence electrons. The van der Waals surface area contributed by atoms with Gasteiger partial charge in [-0.15, -0.1) is 0 Å². The second-order valence-electron chi connectivity index (χ2n) is 9.05. The maximum atomic E-state index is 12.8. The van der Waals surface area contributed by atoms with E-state index in [-0.39, 0.29) is 11.5 Å². The zero-order valence-corrected chi connectivity index (χ0v) is 18.4. The predicted octanol–water partition coefficient (Wildman–Crippen LogP) is 3.88. The molecule has 2 aliphatic rings. The van der Waals surface area contributed by atoms with Crippen LogP contribution in [-0.4, -0.2) is 33.7 Å². The molecule has 1 saturated heterocycles. The van der Waals surface area contributed by atoms with E-state index >= 15 is 0 Å². The first kappa shape index (κ1) is 20.7. The summed E-state index contributed by atoms with van der Waals surface area (Å²) in [6, 6.07) is 20.3. The second-order valence-corrected chi connectivity index (χ2v) is 9.05. The van der Waals surface area contributed by atoms with Crippen molar-refractivity contribution in [3.63, 3.8) is 0 Å². The SMILES string of the molecule is O=C(Cc1ccc(-c2ccccc2)cc1)N1CCC(Cn2nc3c(cc2=O)CCC3)CC1. The molecule has 2 aromatic carbocycles. The molecule has 5 rings (SSSR count). The fraction of sp³-hybridized carbons (Fsp3) is 0.370. The highest BCUT2D eigenvalue weighted by Gasteiger charge is 2.24. The number of fused-ring (bicyclic) bond motifs is 1. The maximum absolute atomic E-state index is 12.8. The lowest BCUT2D eigenvalue weighted by Gasteiger charge is -2.32. The molecule has 5 heteroatoms. The molecule has 1 aliphatic carbocycles. The van der Waals surface area contributed by atoms with Crippen molar-refractivity contribution in [1.82, 2.24) is 14.7 Å². The van der Waals surface area contributed by atoms with Gasteiger partial charge in [0.05, 0.1) is 12.1 Å². The predicted molar refractivity (Wildman–Crippen MR) is 125 cm³/mol. The number of hydrogen-bond acceptors (Lipinski definition) is 3. The molecule has 0 N–H and O–H groups in total. The lowest BCUT2D eigenvalue weighted by atomic mass is 9.96. The number of aryl methyl sites for hydroxylation is 2. The number of piperidine rings is 1. The number of nitrogens with zero attached hydrogens (tertiary/aromatic N) is 3. The first-order chi connectivity index (χ1) is 15.7. The van der Waals surface area contributed by atoms with Crippen LogP contribution in [0.2, 0.25) is 0 Å². The largest absolute Gasteiger partial charge is 0.342 e. The highest BCUT2D eigenvalue weighted by atomic mass is 16.2. The van der Waals surface area contributed by atoms with Crippen LogP contribution in [0.3, 0.4) is 0 Å². The fourth-order valence-electron chi connectivity index (χ4n) is 4.91. The van der Waals surface area contributed by atoms with Gasteiger partial charge in [-0.1, -0.05) is 54.6 Å². The standard InChI is InChI=1S/C27H29N3O2/c31-26(17-20-9-11-23(12-10-20)22-5-2-1-3-6-22)29-15-13-21(14-16-29)19-30-27(32)18-24-7-4-8-25(24)28-30/h1-3,5-6,9-12,18,21H,4,7-8,13-17,19H2. The second kappa shape index (κ2) is 9.11. The van der Waals surface area contributed by atoms with Gasteiger partial charge in [0.25, 0.3) is 5.56 Å². The summed E-state index contributed by atoms with van der Waals surface area (Å²) in [6.07, 6.45) is 5.34. The van der Waals surface area contributed by atoms with Crippen LogP contribution < -0.4 is 5.56 Å². The van der Waals surface area contributed by atoms with Crippen molar-refractivity contribution in [3.8, 4) is 11.1 Å². The van der Waals surface area contributed by atoms with Crippen LogP contribution in [-0.2, 0) is 30.6 Å². The highest BCUT2D eigenvalue weighted by molar-refractivity contribution is 5.79. The van der Waals surface area contributed by atoms with Crippen LogP contribution in [0.15, 0.2) is 65.5 Å². The minimum Gasteiger partial charge on any atom is -0.342 e. The molecular weight excluding hydrogens is 398 g/mol. The Morgan fingerprint density at radius 1 is 0.938 bits per heavy atom. The van der Waals surface area contributed by atoms with Crippen LogP contribution >= 0.6 is 0 Å². The summed E-state index contributed by atoms with van der Waals surface area (Å²) in [5.41, 5.74) is 5.63. The molecule has 0 atom stereocenters. The number of carbonyl (C=O) groups is 1. The van der Waals surface area contributed by atoms with E-state index in [0.717, 1.165) is 67.6 Å². The Balaban J connectivity index is 1.14. The molecule has 0 radical (unpaired) electrons. The molecule has 5 nitrogen and oxygen atoms in total. The number of benzene rings is 2. The van der Waals surface area contributed by atoms with Crippen molar-refractivity contribution in [2.24, 2.45) is 5.92 Å². The third-order valence-corrected chi connectivity index (χ3v) is 6.84. The summed E-state index contributed by atoms with van der Waals surface area (Å²) in [6.45, 7) is 2.17. The van der Waals surface area contributed by atoms with E-state index in [2.05, 4.69) is 41.5 Å². The summed E-state index contributed by atoms with van der Waals surface area (Å²) in [7, 11) is 0. The maximum Gasteiger partial charge on any atom is 0.267 e. The average Bonchev–Trinajstić information content (AvgIpc) is 3.28. The van der Waals surface area contributed by atoms with Gasteiger partial charge in [-0.2, -0.15) is 5.10 Å². The summed E-state index contributed by atoms with van der Waals surface area (Å²) in [5, 5.41) is 4.61. The van der Waals surface area contributed by atoms with E-state index in [1.165, 1.54) is 5.56 Å². The summed E-state index contributed by atoms with van der Waals surface area (Å²) in [5.74, 6) is 0.581. The van der Waals surface area contributed by atoms with Gasteiger partial charge in [-0.05, 0) is 60.3 Å². The van der Waals surface area contributed by atoms with Gasteiger partial charge in [0.1, 0.15) is 0 Å². The minimum atomic E-state index is 0.0168. The van der Waals surface area contributed by atoms with Gasteiger partial charge in [0.2, 0.25) is 5.91 Å². The summed E-state index contributed by atoms with van der Waals surface area (Å²) in [4.78, 5) is 27.2. The van der Waals surface area contributed by atoms with Crippen LogP contribution in [0.5, 0.6) is 0 Å². The molecule has 0 unspecified atom stereocenters. The molecule has 2 heterocycles. The molecule has 32 heavy (non-hydrogen) atoms. The monoisotopic (exact) mass is 427 g/mol. The number of likely N-dealkylation sites (tertiary alicyclic amines) is 1. The zero-order valence-electron chi connectivity index (χ0n) is 18.4. The van der Waals surface area contributed by atoms with Gasteiger partial charge in [0, 0.05) is 25.7 Å². The molecule has 3 aromatic rings. The fourth-order valence-corrected chi connectivity index (χ4v) is 4.91. The van der Waals surface area contributed by atoms with Crippen LogP contribution in [0.1, 0.15) is 36.1 Å². The molecule has 1 aromatic heterocycles. The number of hydrogen-bond donors (Lipinski definition) is 0. The third kappa shape index (κ3) is 4.52. The number of aromatic nitrogens is 2. The van der Waals surface area contributed by atoms with Crippen molar-refractivity contribution in [2.45, 2.75) is 45.1 Å². The van der Waals surface area contributed by atoms with E-state index < -0.39 is 0 Å². The van der Waals surface area contributed by atoms with E-state index in [4.69, 9.17) is 0 Å². The van der Waals surface area contributed by atoms with Gasteiger partial charge in [-0.25, -0.2) is 4.68 Å². The lowest BCUT2D eigenvalue weighted by molar-refractivity contribution is -0.131. The number of amides is 1. The Bertz CT molecular complexity index is 1140. The van der Waals surface area contributed by atoms with Gasteiger partial charge >= 0.3 is 0 Å². The lowest BCUT2D eigenvalue weighted by Crippen LogP contribution is -2.41. The normalized spacial score (nSPS) is 16.2. The Morgan fingerprint density at radius 2 is 1.66 bits per heavy atom. The Labute approximate surface area is 188 Å².